The number of non-ortho nitro benzene ring substituents is 1. The highest BCUT2D eigenvalue weighted by Gasteiger charge is 2.05. The van der Waals surface area contributed by atoms with E-state index in [1.165, 1.54) is 25.0 Å². The summed E-state index contributed by atoms with van der Waals surface area (Å²) in [4.78, 5) is 10.2. The van der Waals surface area contributed by atoms with Crippen LogP contribution >= 0.6 is 0 Å². The maximum absolute atomic E-state index is 10.6. The lowest BCUT2D eigenvalue weighted by atomic mass is 10.2. The van der Waals surface area contributed by atoms with Gasteiger partial charge in [0.1, 0.15) is 0 Å². The predicted molar refractivity (Wildman–Crippen MR) is 107 cm³/mol. The van der Waals surface area contributed by atoms with Gasteiger partial charge in [0.25, 0.3) is 5.69 Å². The molecule has 0 aliphatic rings. The van der Waals surface area contributed by atoms with Crippen LogP contribution in [0, 0.1) is 10.1 Å². The fourth-order valence-electron chi connectivity index (χ4n) is 2.43. The average molecular weight is 371 g/mol. The van der Waals surface area contributed by atoms with E-state index < -0.39 is 4.92 Å². The number of nitrogens with zero attached hydrogens (tertiary/aromatic N) is 2. The number of hydrogen-bond acceptors (Lipinski definition) is 6. The summed E-state index contributed by atoms with van der Waals surface area (Å²) < 4.78 is 11.2. The van der Waals surface area contributed by atoms with E-state index in [0.29, 0.717) is 18.0 Å². The Kier molecular flexibility index (Phi) is 8.09. The summed E-state index contributed by atoms with van der Waals surface area (Å²) in [6.07, 6.45) is 6.26. The lowest BCUT2D eigenvalue weighted by Gasteiger charge is -2.11. The van der Waals surface area contributed by atoms with Gasteiger partial charge in [0.2, 0.25) is 0 Å². The molecule has 2 aromatic rings. The van der Waals surface area contributed by atoms with Crippen LogP contribution in [0.3, 0.4) is 0 Å². The van der Waals surface area contributed by atoms with Crippen LogP contribution in [-0.2, 0) is 0 Å². The van der Waals surface area contributed by atoms with Crippen molar-refractivity contribution in [2.75, 3.05) is 19.1 Å². The number of rotatable bonds is 11. The van der Waals surface area contributed by atoms with E-state index in [9.17, 15) is 10.1 Å². The first-order valence-corrected chi connectivity index (χ1v) is 8.98. The zero-order valence-corrected chi connectivity index (χ0v) is 15.7. The van der Waals surface area contributed by atoms with Crippen molar-refractivity contribution in [2.45, 2.75) is 32.6 Å². The molecule has 0 saturated carbocycles. The molecule has 0 radical (unpaired) electrons. The first-order chi connectivity index (χ1) is 13.1. The Morgan fingerprint density at radius 2 is 1.89 bits per heavy atom. The van der Waals surface area contributed by atoms with Crippen molar-refractivity contribution in [3.05, 3.63) is 58.1 Å². The van der Waals surface area contributed by atoms with E-state index in [4.69, 9.17) is 9.47 Å². The number of hydrogen-bond donors (Lipinski definition) is 1. The summed E-state index contributed by atoms with van der Waals surface area (Å²) in [6.45, 7) is 2.85. The monoisotopic (exact) mass is 371 g/mol. The molecule has 0 aliphatic carbocycles. The Balaban J connectivity index is 1.91. The Labute approximate surface area is 159 Å². The highest BCUT2D eigenvalue weighted by Crippen LogP contribution is 2.28. The van der Waals surface area contributed by atoms with Gasteiger partial charge in [-0.2, -0.15) is 5.10 Å². The van der Waals surface area contributed by atoms with Crippen molar-refractivity contribution in [1.82, 2.24) is 0 Å². The zero-order chi connectivity index (χ0) is 19.5. The molecular formula is C20H25N3O4. The molecule has 0 aromatic heterocycles. The Morgan fingerprint density at radius 3 is 2.56 bits per heavy atom. The minimum atomic E-state index is -0.438. The van der Waals surface area contributed by atoms with Gasteiger partial charge in [0, 0.05) is 12.1 Å². The standard InChI is InChI=1S/C20H25N3O4/c1-3-4-5-6-13-27-19-12-7-16(14-20(19)26-2)15-21-22-17-8-10-18(11-9-17)23(24)25/h7-12,14-15,22H,3-6,13H2,1-2H3/b21-15+. The van der Waals surface area contributed by atoms with Crippen molar-refractivity contribution >= 4 is 17.6 Å². The van der Waals surface area contributed by atoms with Crippen molar-refractivity contribution in [3.63, 3.8) is 0 Å². The summed E-state index contributed by atoms with van der Waals surface area (Å²) in [7, 11) is 1.61. The van der Waals surface area contributed by atoms with Crippen LogP contribution < -0.4 is 14.9 Å². The first kappa shape index (κ1) is 20.2. The maximum atomic E-state index is 10.6. The molecule has 0 bridgehead atoms. The van der Waals surface area contributed by atoms with Gasteiger partial charge < -0.3 is 9.47 Å². The van der Waals surface area contributed by atoms with Gasteiger partial charge in [0.05, 0.1) is 30.5 Å². The van der Waals surface area contributed by atoms with E-state index in [-0.39, 0.29) is 5.69 Å². The summed E-state index contributed by atoms with van der Waals surface area (Å²) in [5, 5.41) is 14.8. The van der Waals surface area contributed by atoms with E-state index in [0.717, 1.165) is 24.2 Å². The number of methoxy groups -OCH3 is 1. The molecular weight excluding hydrogens is 346 g/mol. The lowest BCUT2D eigenvalue weighted by molar-refractivity contribution is -0.384. The molecule has 0 atom stereocenters. The third kappa shape index (κ3) is 6.62. The molecule has 2 rings (SSSR count). The van der Waals surface area contributed by atoms with Crippen molar-refractivity contribution < 1.29 is 14.4 Å². The lowest BCUT2D eigenvalue weighted by Crippen LogP contribution is -2.00. The molecule has 0 amide bonds. The second-order valence-electron chi connectivity index (χ2n) is 5.99. The SMILES string of the molecule is CCCCCCOc1ccc(/C=N/Nc2ccc([N+](=O)[O-])cc2)cc1OC. The van der Waals surface area contributed by atoms with Crippen LogP contribution in [0.25, 0.3) is 0 Å². The van der Waals surface area contributed by atoms with Gasteiger partial charge in [-0.25, -0.2) is 0 Å². The van der Waals surface area contributed by atoms with Gasteiger partial charge >= 0.3 is 0 Å². The molecule has 0 heterocycles. The minimum absolute atomic E-state index is 0.0412. The summed E-state index contributed by atoms with van der Waals surface area (Å²) in [6, 6.07) is 11.7. The molecule has 27 heavy (non-hydrogen) atoms. The summed E-state index contributed by atoms with van der Waals surface area (Å²) >= 11 is 0. The second-order valence-corrected chi connectivity index (χ2v) is 5.99. The highest BCUT2D eigenvalue weighted by molar-refractivity contribution is 5.81. The summed E-state index contributed by atoms with van der Waals surface area (Å²) in [5.74, 6) is 1.37. The Bertz CT molecular complexity index is 760. The molecule has 1 N–H and O–H groups in total. The molecule has 0 spiro atoms. The number of ether oxygens (including phenoxy) is 2. The third-order valence-electron chi connectivity index (χ3n) is 3.93. The molecule has 0 unspecified atom stereocenters. The maximum Gasteiger partial charge on any atom is 0.269 e. The Morgan fingerprint density at radius 1 is 1.11 bits per heavy atom. The predicted octanol–water partition coefficient (Wildman–Crippen LogP) is 5.01. The molecule has 7 nitrogen and oxygen atoms in total. The van der Waals surface area contributed by atoms with E-state index in [2.05, 4.69) is 17.5 Å². The van der Waals surface area contributed by atoms with Crippen LogP contribution in [0.4, 0.5) is 11.4 Å². The van der Waals surface area contributed by atoms with Gasteiger partial charge in [-0.05, 0) is 42.3 Å². The normalized spacial score (nSPS) is 10.7. The quantitative estimate of drug-likeness (QED) is 0.260. The number of unbranched alkanes of at least 4 members (excludes halogenated alkanes) is 3. The highest BCUT2D eigenvalue weighted by atomic mass is 16.6. The van der Waals surface area contributed by atoms with Crippen LogP contribution in [0.5, 0.6) is 11.5 Å². The first-order valence-electron chi connectivity index (χ1n) is 8.98. The minimum Gasteiger partial charge on any atom is -0.493 e. The Hall–Kier alpha value is -3.09. The smallest absolute Gasteiger partial charge is 0.269 e. The third-order valence-corrected chi connectivity index (χ3v) is 3.93. The van der Waals surface area contributed by atoms with Crippen molar-refractivity contribution in [2.24, 2.45) is 5.10 Å². The zero-order valence-electron chi connectivity index (χ0n) is 15.7. The van der Waals surface area contributed by atoms with Crippen LogP contribution in [0.15, 0.2) is 47.6 Å². The second kappa shape index (κ2) is 10.8. The molecule has 7 heteroatoms. The largest absolute Gasteiger partial charge is 0.493 e. The average Bonchev–Trinajstić information content (AvgIpc) is 2.69. The number of nitrogens with one attached hydrogen (secondary N) is 1. The molecule has 0 aliphatic heterocycles. The number of benzene rings is 2. The van der Waals surface area contributed by atoms with E-state index >= 15 is 0 Å². The summed E-state index contributed by atoms with van der Waals surface area (Å²) in [5.41, 5.74) is 4.39. The molecule has 2 aromatic carbocycles. The molecule has 0 fully saturated rings. The van der Waals surface area contributed by atoms with Gasteiger partial charge in [-0.3, -0.25) is 15.5 Å². The molecule has 144 valence electrons. The number of nitro benzene ring substituents is 1. The van der Waals surface area contributed by atoms with Crippen LogP contribution in [0.2, 0.25) is 0 Å². The van der Waals surface area contributed by atoms with Crippen LogP contribution in [-0.4, -0.2) is 24.9 Å². The molecule has 0 saturated heterocycles. The van der Waals surface area contributed by atoms with E-state index in [1.807, 2.05) is 18.2 Å². The van der Waals surface area contributed by atoms with Crippen LogP contribution in [0.1, 0.15) is 38.2 Å². The van der Waals surface area contributed by atoms with Crippen molar-refractivity contribution in [1.29, 1.82) is 0 Å². The van der Waals surface area contributed by atoms with Gasteiger partial charge in [-0.15, -0.1) is 0 Å². The number of nitro groups is 1. The topological polar surface area (TPSA) is 86.0 Å². The fourth-order valence-corrected chi connectivity index (χ4v) is 2.43. The van der Waals surface area contributed by atoms with Gasteiger partial charge in [0.15, 0.2) is 11.5 Å². The van der Waals surface area contributed by atoms with Gasteiger partial charge in [-0.1, -0.05) is 26.2 Å². The number of hydrazone groups is 1. The fraction of sp³-hybridized carbons (Fsp3) is 0.350. The number of anilines is 1. The van der Waals surface area contributed by atoms with Crippen molar-refractivity contribution in [3.8, 4) is 11.5 Å². The van der Waals surface area contributed by atoms with E-state index in [1.54, 1.807) is 25.5 Å².